The summed E-state index contributed by atoms with van der Waals surface area (Å²) in [7, 11) is 0. The largest absolute Gasteiger partial charge is 0.504 e. The molecule has 0 amide bonds. The van der Waals surface area contributed by atoms with Crippen molar-refractivity contribution < 1.29 is 13.9 Å². The van der Waals surface area contributed by atoms with E-state index in [1.807, 2.05) is 4.90 Å². The molecular weight excluding hydrogens is 294 g/mol. The summed E-state index contributed by atoms with van der Waals surface area (Å²) in [5.41, 5.74) is 0.258. The van der Waals surface area contributed by atoms with Crippen molar-refractivity contribution >= 4 is 15.9 Å². The van der Waals surface area contributed by atoms with Crippen molar-refractivity contribution in [1.82, 2.24) is 10.2 Å². The van der Waals surface area contributed by atoms with Crippen molar-refractivity contribution in [3.63, 3.8) is 0 Å². The molecule has 2 N–H and O–H groups in total. The van der Waals surface area contributed by atoms with Crippen LogP contribution in [0.2, 0.25) is 0 Å². The van der Waals surface area contributed by atoms with Gasteiger partial charge in [-0.2, -0.15) is 4.39 Å². The molecule has 1 aliphatic rings. The van der Waals surface area contributed by atoms with Gasteiger partial charge in [0.05, 0.1) is 4.47 Å². The van der Waals surface area contributed by atoms with Gasteiger partial charge < -0.3 is 10.4 Å². The molecule has 1 aromatic rings. The Morgan fingerprint density at radius 2 is 1.94 bits per heavy atom. The first kappa shape index (κ1) is 12.7. The van der Waals surface area contributed by atoms with Crippen LogP contribution < -0.4 is 5.32 Å². The van der Waals surface area contributed by atoms with E-state index in [4.69, 9.17) is 0 Å². The highest BCUT2D eigenvalue weighted by Crippen LogP contribution is 2.31. The molecule has 1 aliphatic heterocycles. The topological polar surface area (TPSA) is 35.5 Å². The van der Waals surface area contributed by atoms with E-state index in [1.165, 1.54) is 6.07 Å². The second-order valence-electron chi connectivity index (χ2n) is 4.02. The zero-order chi connectivity index (χ0) is 12.4. The van der Waals surface area contributed by atoms with Crippen LogP contribution in [0.5, 0.6) is 5.75 Å². The Morgan fingerprint density at radius 1 is 1.29 bits per heavy atom. The van der Waals surface area contributed by atoms with Gasteiger partial charge in [-0.05, 0) is 22.0 Å². The molecule has 94 valence electrons. The Bertz CT molecular complexity index is 422. The van der Waals surface area contributed by atoms with Crippen molar-refractivity contribution in [2.45, 2.75) is 6.54 Å². The average molecular weight is 307 g/mol. The highest BCUT2D eigenvalue weighted by Gasteiger charge is 2.19. The molecule has 2 rings (SSSR count). The second kappa shape index (κ2) is 5.29. The fraction of sp³-hybridized carbons (Fsp3) is 0.455. The van der Waals surface area contributed by atoms with Gasteiger partial charge >= 0.3 is 0 Å². The fourth-order valence-electron chi connectivity index (χ4n) is 1.86. The first-order chi connectivity index (χ1) is 8.09. The lowest BCUT2D eigenvalue weighted by Gasteiger charge is -2.27. The Kier molecular flexibility index (Phi) is 3.96. The number of hydrogen-bond acceptors (Lipinski definition) is 3. The number of nitrogens with zero attached hydrogens (tertiary/aromatic N) is 1. The monoisotopic (exact) mass is 306 g/mol. The molecule has 6 heteroatoms. The van der Waals surface area contributed by atoms with E-state index in [9.17, 15) is 13.9 Å². The van der Waals surface area contributed by atoms with Gasteiger partial charge in [-0.15, -0.1) is 0 Å². The number of hydrogen-bond donors (Lipinski definition) is 2. The third-order valence-electron chi connectivity index (χ3n) is 2.81. The van der Waals surface area contributed by atoms with Crippen LogP contribution in [-0.2, 0) is 6.54 Å². The minimum atomic E-state index is -1.19. The molecule has 17 heavy (non-hydrogen) atoms. The third kappa shape index (κ3) is 2.75. The van der Waals surface area contributed by atoms with E-state index in [0.717, 1.165) is 26.2 Å². The standard InChI is InChI=1S/C11H13BrF2N2O/c12-8-5-7(9(13)10(14)11(8)17)6-16-3-1-15-2-4-16/h5,15,17H,1-4,6H2. The van der Waals surface area contributed by atoms with Crippen molar-refractivity contribution in [3.05, 3.63) is 27.7 Å². The van der Waals surface area contributed by atoms with Crippen LogP contribution in [-0.4, -0.2) is 36.2 Å². The quantitative estimate of drug-likeness (QED) is 0.819. The smallest absolute Gasteiger partial charge is 0.201 e. The summed E-state index contributed by atoms with van der Waals surface area (Å²) in [5.74, 6) is -2.83. The van der Waals surface area contributed by atoms with E-state index in [-0.39, 0.29) is 10.0 Å². The molecule has 1 fully saturated rings. The van der Waals surface area contributed by atoms with Crippen LogP contribution in [0.1, 0.15) is 5.56 Å². The van der Waals surface area contributed by atoms with Crippen molar-refractivity contribution in [3.8, 4) is 5.75 Å². The van der Waals surface area contributed by atoms with Gasteiger partial charge in [0, 0.05) is 38.3 Å². The van der Waals surface area contributed by atoms with E-state index >= 15 is 0 Å². The molecule has 1 saturated heterocycles. The summed E-state index contributed by atoms with van der Waals surface area (Å²) in [6.07, 6.45) is 0. The minimum Gasteiger partial charge on any atom is -0.504 e. The molecule has 0 radical (unpaired) electrons. The molecule has 1 heterocycles. The Balaban J connectivity index is 2.20. The van der Waals surface area contributed by atoms with Crippen LogP contribution in [0.3, 0.4) is 0 Å². The van der Waals surface area contributed by atoms with E-state index in [0.29, 0.717) is 6.54 Å². The maximum Gasteiger partial charge on any atom is 0.201 e. The van der Waals surface area contributed by atoms with Crippen LogP contribution in [0.15, 0.2) is 10.5 Å². The second-order valence-corrected chi connectivity index (χ2v) is 4.87. The highest BCUT2D eigenvalue weighted by atomic mass is 79.9. The van der Waals surface area contributed by atoms with Crippen molar-refractivity contribution in [2.75, 3.05) is 26.2 Å². The lowest BCUT2D eigenvalue weighted by Crippen LogP contribution is -2.43. The SMILES string of the molecule is Oc1c(Br)cc(CN2CCNCC2)c(F)c1F. The van der Waals surface area contributed by atoms with Gasteiger partial charge in [-0.1, -0.05) is 0 Å². The molecular formula is C11H13BrF2N2O. The molecule has 0 atom stereocenters. The average Bonchev–Trinajstić information content (AvgIpc) is 2.35. The Labute approximate surface area is 107 Å². The molecule has 0 spiro atoms. The fourth-order valence-corrected chi connectivity index (χ4v) is 2.31. The predicted octanol–water partition coefficient (Wildman–Crippen LogP) is 1.84. The van der Waals surface area contributed by atoms with Crippen LogP contribution in [0, 0.1) is 11.6 Å². The van der Waals surface area contributed by atoms with Gasteiger partial charge in [0.1, 0.15) is 0 Å². The molecule has 0 bridgehead atoms. The number of phenolic OH excluding ortho intramolecular Hbond substituents is 1. The van der Waals surface area contributed by atoms with Gasteiger partial charge in [0.25, 0.3) is 0 Å². The molecule has 0 saturated carbocycles. The predicted molar refractivity (Wildman–Crippen MR) is 63.9 cm³/mol. The van der Waals surface area contributed by atoms with E-state index in [2.05, 4.69) is 21.2 Å². The van der Waals surface area contributed by atoms with E-state index in [1.54, 1.807) is 0 Å². The molecule has 0 aromatic heterocycles. The summed E-state index contributed by atoms with van der Waals surface area (Å²) in [6, 6.07) is 1.43. The summed E-state index contributed by atoms with van der Waals surface area (Å²) in [5, 5.41) is 12.4. The molecule has 0 aliphatic carbocycles. The normalized spacial score (nSPS) is 17.4. The number of benzene rings is 1. The zero-order valence-electron chi connectivity index (χ0n) is 9.14. The number of nitrogens with one attached hydrogen (secondary N) is 1. The lowest BCUT2D eigenvalue weighted by atomic mass is 10.1. The Morgan fingerprint density at radius 3 is 2.59 bits per heavy atom. The third-order valence-corrected chi connectivity index (χ3v) is 3.42. The summed E-state index contributed by atoms with van der Waals surface area (Å²) >= 11 is 3.01. The summed E-state index contributed by atoms with van der Waals surface area (Å²) in [6.45, 7) is 3.66. The van der Waals surface area contributed by atoms with Gasteiger partial charge in [-0.3, -0.25) is 4.90 Å². The highest BCUT2D eigenvalue weighted by molar-refractivity contribution is 9.10. The number of phenols is 1. The molecule has 0 unspecified atom stereocenters. The number of rotatable bonds is 2. The summed E-state index contributed by atoms with van der Waals surface area (Å²) in [4.78, 5) is 2.04. The van der Waals surface area contributed by atoms with Crippen LogP contribution in [0.25, 0.3) is 0 Å². The Hall–Kier alpha value is -0.720. The number of piperazine rings is 1. The van der Waals surface area contributed by atoms with Crippen molar-refractivity contribution in [2.24, 2.45) is 0 Å². The van der Waals surface area contributed by atoms with Gasteiger partial charge in [0.2, 0.25) is 5.82 Å². The van der Waals surface area contributed by atoms with Crippen LogP contribution in [0.4, 0.5) is 8.78 Å². The summed E-state index contributed by atoms with van der Waals surface area (Å²) < 4.78 is 27.1. The maximum atomic E-state index is 13.6. The van der Waals surface area contributed by atoms with Crippen LogP contribution >= 0.6 is 15.9 Å². The van der Waals surface area contributed by atoms with Gasteiger partial charge in [-0.25, -0.2) is 4.39 Å². The first-order valence-electron chi connectivity index (χ1n) is 5.38. The number of aromatic hydroxyl groups is 1. The lowest BCUT2D eigenvalue weighted by molar-refractivity contribution is 0.229. The maximum absolute atomic E-state index is 13.6. The first-order valence-corrected chi connectivity index (χ1v) is 6.17. The number of halogens is 3. The zero-order valence-corrected chi connectivity index (χ0v) is 10.7. The van der Waals surface area contributed by atoms with E-state index < -0.39 is 17.4 Å². The van der Waals surface area contributed by atoms with Gasteiger partial charge in [0.15, 0.2) is 11.6 Å². The molecule has 1 aromatic carbocycles. The minimum absolute atomic E-state index is 0.182. The molecule has 3 nitrogen and oxygen atoms in total. The van der Waals surface area contributed by atoms with Crippen molar-refractivity contribution in [1.29, 1.82) is 0 Å².